The normalized spacial score (nSPS) is 11.5. The van der Waals surface area contributed by atoms with E-state index in [0.717, 1.165) is 10.7 Å². The highest BCUT2D eigenvalue weighted by Crippen LogP contribution is 2.20. The molecule has 0 atom stereocenters. The van der Waals surface area contributed by atoms with Crippen LogP contribution in [0.1, 0.15) is 10.4 Å². The van der Waals surface area contributed by atoms with Gasteiger partial charge >= 0.3 is 5.97 Å². The minimum absolute atomic E-state index is 0.124. The molecule has 0 aliphatic heterocycles. The summed E-state index contributed by atoms with van der Waals surface area (Å²) in [5, 5.41) is 9.24. The van der Waals surface area contributed by atoms with Crippen molar-refractivity contribution in [2.75, 3.05) is 13.7 Å². The molecule has 0 bridgehead atoms. The number of aromatic nitrogens is 4. The minimum atomic E-state index is -1.18. The Kier molecular flexibility index (Phi) is 7.09. The zero-order valence-electron chi connectivity index (χ0n) is 18.0. The molecule has 3 aromatic rings. The molecule has 1 aromatic carbocycles. The van der Waals surface area contributed by atoms with E-state index in [-0.39, 0.29) is 12.3 Å². The molecule has 0 fully saturated rings. The lowest BCUT2D eigenvalue weighted by Gasteiger charge is -2.15. The number of halogens is 1. The van der Waals surface area contributed by atoms with Crippen molar-refractivity contribution in [3.8, 4) is 16.9 Å². The number of hydrogen-bond donors (Lipinski definition) is 0. The Balaban J connectivity index is 1.92. The summed E-state index contributed by atoms with van der Waals surface area (Å²) in [4.78, 5) is 25.1. The minimum Gasteiger partial charge on any atom is -0.465 e. The van der Waals surface area contributed by atoms with E-state index < -0.39 is 19.6 Å². The SMILES string of the molecule is COC(=O)c1cc(-c2ccc(Cl)cc2)nn(-c2cnn(COCC[Si](C)(C)C)c2)c1=O. The fraction of sp³-hybridized carbons (Fsp3) is 0.333. The number of methoxy groups -OCH3 is 1. The van der Waals surface area contributed by atoms with Crippen molar-refractivity contribution < 1.29 is 14.3 Å². The molecule has 0 aliphatic carbocycles. The van der Waals surface area contributed by atoms with E-state index in [2.05, 4.69) is 29.8 Å². The first kappa shape index (κ1) is 22.9. The van der Waals surface area contributed by atoms with E-state index >= 15 is 0 Å². The van der Waals surface area contributed by atoms with Gasteiger partial charge in [0.15, 0.2) is 0 Å². The van der Waals surface area contributed by atoms with Crippen LogP contribution in [0.4, 0.5) is 0 Å². The molecule has 2 heterocycles. The van der Waals surface area contributed by atoms with Crippen molar-refractivity contribution in [3.05, 3.63) is 63.7 Å². The van der Waals surface area contributed by atoms with Crippen molar-refractivity contribution in [1.82, 2.24) is 19.6 Å². The number of carbonyl (C=O) groups is 1. The summed E-state index contributed by atoms with van der Waals surface area (Å²) >= 11 is 5.96. The third kappa shape index (κ3) is 5.90. The van der Waals surface area contributed by atoms with Crippen LogP contribution in [0.15, 0.2) is 47.5 Å². The summed E-state index contributed by atoms with van der Waals surface area (Å²) in [5.41, 5.74) is 0.825. The maximum atomic E-state index is 12.9. The van der Waals surface area contributed by atoms with Gasteiger partial charge in [0.05, 0.1) is 25.2 Å². The maximum absolute atomic E-state index is 12.9. The van der Waals surface area contributed by atoms with Crippen LogP contribution in [-0.4, -0.2) is 47.3 Å². The Bertz CT molecular complexity index is 1120. The molecule has 164 valence electrons. The number of carbonyl (C=O) groups excluding carboxylic acids is 1. The number of hydrogen-bond acceptors (Lipinski definition) is 6. The molecule has 2 aromatic heterocycles. The summed E-state index contributed by atoms with van der Waals surface area (Å²) in [6, 6.07) is 9.40. The summed E-state index contributed by atoms with van der Waals surface area (Å²) < 4.78 is 13.2. The lowest BCUT2D eigenvalue weighted by molar-refractivity contribution is 0.0598. The summed E-state index contributed by atoms with van der Waals surface area (Å²) in [5.74, 6) is -0.738. The van der Waals surface area contributed by atoms with Crippen LogP contribution >= 0.6 is 11.6 Å². The fourth-order valence-electron chi connectivity index (χ4n) is 2.76. The van der Waals surface area contributed by atoms with Crippen LogP contribution in [0.3, 0.4) is 0 Å². The summed E-state index contributed by atoms with van der Waals surface area (Å²) in [6.45, 7) is 7.77. The number of esters is 1. The van der Waals surface area contributed by atoms with Gasteiger partial charge in [-0.1, -0.05) is 43.4 Å². The molecule has 3 rings (SSSR count). The third-order valence-electron chi connectivity index (χ3n) is 4.54. The maximum Gasteiger partial charge on any atom is 0.343 e. The van der Waals surface area contributed by atoms with E-state index in [1.165, 1.54) is 19.4 Å². The van der Waals surface area contributed by atoms with Crippen LogP contribution in [0, 0.1) is 0 Å². The molecule has 0 radical (unpaired) electrons. The molecular formula is C21H25ClN4O4Si. The van der Waals surface area contributed by atoms with E-state index in [1.54, 1.807) is 35.1 Å². The van der Waals surface area contributed by atoms with Gasteiger partial charge in [0.1, 0.15) is 18.0 Å². The molecule has 0 saturated heterocycles. The van der Waals surface area contributed by atoms with Gasteiger partial charge in [-0.25, -0.2) is 9.48 Å². The quantitative estimate of drug-likeness (QED) is 0.288. The number of rotatable bonds is 8. The first-order chi connectivity index (χ1) is 14.7. The molecular weight excluding hydrogens is 436 g/mol. The van der Waals surface area contributed by atoms with Crippen LogP contribution in [-0.2, 0) is 16.2 Å². The Labute approximate surface area is 186 Å². The fourth-order valence-corrected chi connectivity index (χ4v) is 3.64. The lowest BCUT2D eigenvalue weighted by Crippen LogP contribution is -2.28. The van der Waals surface area contributed by atoms with Crippen LogP contribution < -0.4 is 5.56 Å². The van der Waals surface area contributed by atoms with Gasteiger partial charge in [-0.05, 0) is 24.2 Å². The highest BCUT2D eigenvalue weighted by atomic mass is 35.5. The largest absolute Gasteiger partial charge is 0.465 e. The van der Waals surface area contributed by atoms with Crippen molar-refractivity contribution in [2.24, 2.45) is 0 Å². The smallest absolute Gasteiger partial charge is 0.343 e. The van der Waals surface area contributed by atoms with Crippen molar-refractivity contribution in [3.63, 3.8) is 0 Å². The van der Waals surface area contributed by atoms with Crippen molar-refractivity contribution >= 4 is 25.6 Å². The van der Waals surface area contributed by atoms with E-state index in [1.807, 2.05) is 0 Å². The average Bonchev–Trinajstić information content (AvgIpc) is 3.19. The van der Waals surface area contributed by atoms with E-state index in [9.17, 15) is 9.59 Å². The van der Waals surface area contributed by atoms with Crippen LogP contribution in [0.25, 0.3) is 16.9 Å². The van der Waals surface area contributed by atoms with Crippen molar-refractivity contribution in [1.29, 1.82) is 0 Å². The molecule has 31 heavy (non-hydrogen) atoms. The van der Waals surface area contributed by atoms with Gasteiger partial charge in [-0.2, -0.15) is 14.9 Å². The van der Waals surface area contributed by atoms with Crippen LogP contribution in [0.5, 0.6) is 0 Å². The first-order valence-electron chi connectivity index (χ1n) is 9.77. The predicted octanol–water partition coefficient (Wildman–Crippen LogP) is 3.85. The van der Waals surface area contributed by atoms with Gasteiger partial charge < -0.3 is 9.47 Å². The molecule has 10 heteroatoms. The van der Waals surface area contributed by atoms with Gasteiger partial charge in [-0.15, -0.1) is 0 Å². The van der Waals surface area contributed by atoms with Gasteiger partial charge in [-0.3, -0.25) is 4.79 Å². The lowest BCUT2D eigenvalue weighted by atomic mass is 10.1. The molecule has 0 N–H and O–H groups in total. The standard InChI is InChI=1S/C21H25ClN4O4Si/c1-29-21(28)18-11-19(15-5-7-16(22)8-6-15)24-26(20(18)27)17-12-23-25(13-17)14-30-9-10-31(2,3)4/h5-8,11-13H,9-10,14H2,1-4H3. The average molecular weight is 461 g/mol. The first-order valence-corrected chi connectivity index (χ1v) is 13.9. The zero-order valence-corrected chi connectivity index (χ0v) is 19.7. The van der Waals surface area contributed by atoms with E-state index in [4.69, 9.17) is 21.1 Å². The second-order valence-electron chi connectivity index (χ2n) is 8.24. The Morgan fingerprint density at radius 3 is 2.55 bits per heavy atom. The number of benzene rings is 1. The van der Waals surface area contributed by atoms with E-state index in [0.29, 0.717) is 28.6 Å². The zero-order chi connectivity index (χ0) is 22.6. The van der Waals surface area contributed by atoms with Crippen LogP contribution in [0.2, 0.25) is 30.7 Å². The topological polar surface area (TPSA) is 88.2 Å². The predicted molar refractivity (Wildman–Crippen MR) is 122 cm³/mol. The highest BCUT2D eigenvalue weighted by molar-refractivity contribution is 6.76. The molecule has 0 unspecified atom stereocenters. The van der Waals surface area contributed by atoms with Gasteiger partial charge in [0.25, 0.3) is 5.56 Å². The Hall–Kier alpha value is -2.75. The number of nitrogens with zero attached hydrogens (tertiary/aromatic N) is 4. The second kappa shape index (κ2) is 9.59. The highest BCUT2D eigenvalue weighted by Gasteiger charge is 2.19. The molecule has 0 spiro atoms. The third-order valence-corrected chi connectivity index (χ3v) is 6.50. The monoisotopic (exact) mass is 460 g/mol. The molecule has 0 saturated carbocycles. The Morgan fingerprint density at radius 1 is 1.19 bits per heavy atom. The Morgan fingerprint density at radius 2 is 1.90 bits per heavy atom. The van der Waals surface area contributed by atoms with Gasteiger partial charge in [0.2, 0.25) is 0 Å². The summed E-state index contributed by atoms with van der Waals surface area (Å²) in [7, 11) is 0.0511. The van der Waals surface area contributed by atoms with Crippen molar-refractivity contribution in [2.45, 2.75) is 32.4 Å². The number of ether oxygens (including phenoxy) is 2. The van der Waals surface area contributed by atoms with Gasteiger partial charge in [0, 0.05) is 25.3 Å². The molecule has 8 nitrogen and oxygen atoms in total. The second-order valence-corrected chi connectivity index (χ2v) is 14.3. The molecule has 0 aliphatic rings. The summed E-state index contributed by atoms with van der Waals surface area (Å²) in [6.07, 6.45) is 3.15. The molecule has 0 amide bonds.